The van der Waals surface area contributed by atoms with Gasteiger partial charge in [0.25, 0.3) is 0 Å². The van der Waals surface area contributed by atoms with Gasteiger partial charge in [-0.15, -0.1) is 0 Å². The van der Waals surface area contributed by atoms with Crippen LogP contribution in [0.3, 0.4) is 0 Å². The van der Waals surface area contributed by atoms with Crippen molar-refractivity contribution in [3.05, 3.63) is 28.7 Å². The van der Waals surface area contributed by atoms with E-state index in [1.807, 2.05) is 43.0 Å². The number of anilines is 1. The molecule has 0 spiro atoms. The van der Waals surface area contributed by atoms with E-state index in [2.05, 4.69) is 21.2 Å². The first kappa shape index (κ1) is 14.5. The molecule has 104 valence electrons. The van der Waals surface area contributed by atoms with Gasteiger partial charge in [0.05, 0.1) is 11.6 Å². The van der Waals surface area contributed by atoms with E-state index in [0.29, 0.717) is 13.0 Å². The van der Waals surface area contributed by atoms with Crippen molar-refractivity contribution < 1.29 is 9.90 Å². The number of halogens is 1. The molecule has 19 heavy (non-hydrogen) atoms. The monoisotopic (exact) mass is 326 g/mol. The zero-order valence-electron chi connectivity index (χ0n) is 11.2. The molecule has 1 heterocycles. The zero-order valence-corrected chi connectivity index (χ0v) is 12.8. The normalized spacial score (nSPS) is 22.6. The van der Waals surface area contributed by atoms with E-state index in [1.165, 1.54) is 0 Å². The maximum atomic E-state index is 12.6. The molecule has 5 heteroatoms. The number of piperazine rings is 1. The van der Waals surface area contributed by atoms with Crippen molar-refractivity contribution in [2.75, 3.05) is 18.1 Å². The molecule has 1 atom stereocenters. The molecule has 0 bridgehead atoms. The molecule has 1 aliphatic rings. The van der Waals surface area contributed by atoms with Crippen LogP contribution in [0.5, 0.6) is 0 Å². The SMILES string of the molecule is CC1(C)CNC(CCO)C(=O)N1c1cccc(Br)c1. The minimum absolute atomic E-state index is 0.0101. The molecule has 0 radical (unpaired) electrons. The summed E-state index contributed by atoms with van der Waals surface area (Å²) < 4.78 is 0.950. The average molecular weight is 327 g/mol. The van der Waals surface area contributed by atoms with Crippen molar-refractivity contribution in [2.24, 2.45) is 0 Å². The Labute approximate surface area is 121 Å². The predicted octanol–water partition coefficient (Wildman–Crippen LogP) is 1.91. The van der Waals surface area contributed by atoms with E-state index in [9.17, 15) is 4.79 Å². The van der Waals surface area contributed by atoms with Crippen molar-refractivity contribution in [1.82, 2.24) is 5.32 Å². The van der Waals surface area contributed by atoms with Crippen LogP contribution in [0.25, 0.3) is 0 Å². The summed E-state index contributed by atoms with van der Waals surface area (Å²) in [5.41, 5.74) is 0.595. The number of amides is 1. The Hall–Kier alpha value is -0.910. The molecule has 1 amide bonds. The third-order valence-corrected chi connectivity index (χ3v) is 3.88. The fourth-order valence-corrected chi connectivity index (χ4v) is 2.83. The average Bonchev–Trinajstić information content (AvgIpc) is 2.33. The first-order valence-electron chi connectivity index (χ1n) is 6.39. The third-order valence-electron chi connectivity index (χ3n) is 3.39. The lowest BCUT2D eigenvalue weighted by atomic mass is 9.95. The highest BCUT2D eigenvalue weighted by Gasteiger charge is 2.40. The fraction of sp³-hybridized carbons (Fsp3) is 0.500. The van der Waals surface area contributed by atoms with Crippen LogP contribution in [0, 0.1) is 0 Å². The summed E-state index contributed by atoms with van der Waals surface area (Å²) in [6.07, 6.45) is 0.444. The number of nitrogens with one attached hydrogen (secondary N) is 1. The Morgan fingerprint density at radius 1 is 1.53 bits per heavy atom. The Morgan fingerprint density at radius 3 is 2.89 bits per heavy atom. The number of hydrogen-bond donors (Lipinski definition) is 2. The number of carbonyl (C=O) groups excluding carboxylic acids is 1. The van der Waals surface area contributed by atoms with E-state index in [4.69, 9.17) is 5.11 Å². The summed E-state index contributed by atoms with van der Waals surface area (Å²) in [7, 11) is 0. The molecule has 1 unspecified atom stereocenters. The molecule has 0 saturated carbocycles. The minimum atomic E-state index is -0.308. The zero-order chi connectivity index (χ0) is 14.0. The standard InChI is InChI=1S/C14H19BrN2O2/c1-14(2)9-16-12(6-7-18)13(19)17(14)11-5-3-4-10(15)8-11/h3-5,8,12,16,18H,6-7,9H2,1-2H3. The Bertz CT molecular complexity index is 476. The highest BCUT2D eigenvalue weighted by molar-refractivity contribution is 9.10. The summed E-state index contributed by atoms with van der Waals surface area (Å²) >= 11 is 3.44. The van der Waals surface area contributed by atoms with Gasteiger partial charge in [0.1, 0.15) is 0 Å². The van der Waals surface area contributed by atoms with Gasteiger partial charge in [0.2, 0.25) is 5.91 Å². The van der Waals surface area contributed by atoms with Gasteiger partial charge in [-0.25, -0.2) is 0 Å². The molecule has 1 aromatic rings. The molecule has 1 saturated heterocycles. The Kier molecular flexibility index (Phi) is 4.28. The number of benzene rings is 1. The number of aliphatic hydroxyl groups excluding tert-OH is 1. The van der Waals surface area contributed by atoms with Crippen LogP contribution >= 0.6 is 15.9 Å². The highest BCUT2D eigenvalue weighted by atomic mass is 79.9. The van der Waals surface area contributed by atoms with Gasteiger partial charge in [-0.05, 0) is 38.5 Å². The van der Waals surface area contributed by atoms with Crippen molar-refractivity contribution >= 4 is 27.5 Å². The Balaban J connectivity index is 2.35. The van der Waals surface area contributed by atoms with Gasteiger partial charge in [0, 0.05) is 23.3 Å². The summed E-state index contributed by atoms with van der Waals surface area (Å²) in [6.45, 7) is 4.79. The van der Waals surface area contributed by atoms with Crippen LogP contribution in [0.1, 0.15) is 20.3 Å². The molecule has 2 rings (SSSR count). The van der Waals surface area contributed by atoms with Crippen LogP contribution in [-0.2, 0) is 4.79 Å². The van der Waals surface area contributed by atoms with E-state index < -0.39 is 0 Å². The number of nitrogens with zero attached hydrogens (tertiary/aromatic N) is 1. The maximum absolute atomic E-state index is 12.6. The first-order chi connectivity index (χ1) is 8.95. The third kappa shape index (κ3) is 2.99. The molecule has 1 fully saturated rings. The van der Waals surface area contributed by atoms with Gasteiger partial charge in [-0.2, -0.15) is 0 Å². The molecule has 0 aliphatic carbocycles. The van der Waals surface area contributed by atoms with Crippen molar-refractivity contribution in [1.29, 1.82) is 0 Å². The second-order valence-electron chi connectivity index (χ2n) is 5.41. The van der Waals surface area contributed by atoms with Crippen LogP contribution in [-0.4, -0.2) is 35.7 Å². The highest BCUT2D eigenvalue weighted by Crippen LogP contribution is 2.30. The van der Waals surface area contributed by atoms with Gasteiger partial charge in [-0.3, -0.25) is 4.79 Å². The number of aliphatic hydroxyl groups is 1. The van der Waals surface area contributed by atoms with Crippen LogP contribution in [0.15, 0.2) is 28.7 Å². The van der Waals surface area contributed by atoms with Crippen LogP contribution < -0.4 is 10.2 Å². The van der Waals surface area contributed by atoms with Crippen LogP contribution in [0.2, 0.25) is 0 Å². The molecular formula is C14H19BrN2O2. The largest absolute Gasteiger partial charge is 0.396 e. The quantitative estimate of drug-likeness (QED) is 0.892. The molecular weight excluding hydrogens is 308 g/mol. The second-order valence-corrected chi connectivity index (χ2v) is 6.33. The summed E-state index contributed by atoms with van der Waals surface area (Å²) in [4.78, 5) is 14.4. The second kappa shape index (κ2) is 5.61. The van der Waals surface area contributed by atoms with Gasteiger partial charge in [-0.1, -0.05) is 22.0 Å². The number of carbonyl (C=O) groups is 1. The van der Waals surface area contributed by atoms with Crippen molar-refractivity contribution in [3.63, 3.8) is 0 Å². The van der Waals surface area contributed by atoms with E-state index >= 15 is 0 Å². The van der Waals surface area contributed by atoms with Crippen molar-refractivity contribution in [2.45, 2.75) is 31.8 Å². The summed E-state index contributed by atoms with van der Waals surface area (Å²) in [5.74, 6) is 0.0170. The molecule has 1 aromatic carbocycles. The lowest BCUT2D eigenvalue weighted by Gasteiger charge is -2.45. The maximum Gasteiger partial charge on any atom is 0.244 e. The Morgan fingerprint density at radius 2 is 2.26 bits per heavy atom. The topological polar surface area (TPSA) is 52.6 Å². The van der Waals surface area contributed by atoms with Crippen molar-refractivity contribution in [3.8, 4) is 0 Å². The lowest BCUT2D eigenvalue weighted by molar-refractivity contribution is -0.123. The molecule has 2 N–H and O–H groups in total. The van der Waals surface area contributed by atoms with E-state index in [0.717, 1.165) is 10.2 Å². The summed E-state index contributed by atoms with van der Waals surface area (Å²) in [5, 5.41) is 12.3. The number of rotatable bonds is 3. The smallest absolute Gasteiger partial charge is 0.244 e. The number of hydrogen-bond acceptors (Lipinski definition) is 3. The van der Waals surface area contributed by atoms with Gasteiger partial charge in [0.15, 0.2) is 0 Å². The fourth-order valence-electron chi connectivity index (χ4n) is 2.44. The first-order valence-corrected chi connectivity index (χ1v) is 7.19. The minimum Gasteiger partial charge on any atom is -0.396 e. The van der Waals surface area contributed by atoms with Crippen LogP contribution in [0.4, 0.5) is 5.69 Å². The lowest BCUT2D eigenvalue weighted by Crippen LogP contribution is -2.65. The van der Waals surface area contributed by atoms with E-state index in [1.54, 1.807) is 0 Å². The predicted molar refractivity (Wildman–Crippen MR) is 79.2 cm³/mol. The van der Waals surface area contributed by atoms with Gasteiger partial charge < -0.3 is 15.3 Å². The van der Waals surface area contributed by atoms with Gasteiger partial charge >= 0.3 is 0 Å². The van der Waals surface area contributed by atoms with E-state index in [-0.39, 0.29) is 24.1 Å². The molecule has 1 aliphatic heterocycles. The summed E-state index contributed by atoms with van der Waals surface area (Å²) in [6, 6.07) is 7.43. The molecule has 4 nitrogen and oxygen atoms in total. The molecule has 0 aromatic heterocycles.